The first-order valence-corrected chi connectivity index (χ1v) is 6.83. The van der Waals surface area contributed by atoms with E-state index in [1.165, 1.54) is 30.1 Å². The Hall–Kier alpha value is -2.31. The fourth-order valence-corrected chi connectivity index (χ4v) is 2.52. The predicted molar refractivity (Wildman–Crippen MR) is 73.2 cm³/mol. The van der Waals surface area contributed by atoms with Gasteiger partial charge in [-0.25, -0.2) is 13.2 Å². The Morgan fingerprint density at radius 1 is 1.36 bits per heavy atom. The van der Waals surface area contributed by atoms with E-state index in [9.17, 15) is 18.0 Å². The van der Waals surface area contributed by atoms with Crippen LogP contribution in [-0.2, 0) is 7.05 Å². The lowest BCUT2D eigenvalue weighted by molar-refractivity contribution is 0.0935. The second-order valence-electron chi connectivity index (χ2n) is 5.38. The molecule has 1 saturated carbocycles. The molecule has 3 rings (SSSR count). The van der Waals surface area contributed by atoms with Crippen LogP contribution in [-0.4, -0.2) is 21.7 Å². The molecule has 2 atom stereocenters. The monoisotopic (exact) mass is 309 g/mol. The lowest BCUT2D eigenvalue weighted by Gasteiger charge is -2.05. The number of aromatic nitrogens is 2. The van der Waals surface area contributed by atoms with Crippen molar-refractivity contribution in [3.63, 3.8) is 0 Å². The van der Waals surface area contributed by atoms with Gasteiger partial charge in [0.15, 0.2) is 0 Å². The van der Waals surface area contributed by atoms with Crippen molar-refractivity contribution in [2.75, 3.05) is 0 Å². The molecule has 0 saturated heterocycles. The summed E-state index contributed by atoms with van der Waals surface area (Å²) < 4.78 is 39.8. The molecule has 1 amide bonds. The molecule has 0 bridgehead atoms. The molecular formula is C15H14F3N3O. The number of nitrogens with zero attached hydrogens (tertiary/aromatic N) is 2. The molecule has 2 aromatic rings. The van der Waals surface area contributed by atoms with Crippen molar-refractivity contribution in [1.82, 2.24) is 15.1 Å². The summed E-state index contributed by atoms with van der Waals surface area (Å²) in [6.07, 6.45) is -0.803. The van der Waals surface area contributed by atoms with Crippen molar-refractivity contribution in [3.8, 4) is 0 Å². The number of hydrogen-bond donors (Lipinski definition) is 1. The van der Waals surface area contributed by atoms with E-state index in [0.717, 1.165) is 5.56 Å². The number of aryl methyl sites for hydroxylation is 1. The molecule has 4 nitrogen and oxygen atoms in total. The summed E-state index contributed by atoms with van der Waals surface area (Å²) in [7, 11) is 1.49. The number of benzene rings is 1. The molecule has 1 aliphatic rings. The fraction of sp³-hybridized carbons (Fsp3) is 0.333. The molecule has 7 heteroatoms. The fourth-order valence-electron chi connectivity index (χ4n) is 2.52. The maximum Gasteiger partial charge on any atom is 0.282 e. The second-order valence-corrected chi connectivity index (χ2v) is 5.38. The minimum absolute atomic E-state index is 0.0937. The first-order valence-electron chi connectivity index (χ1n) is 6.83. The van der Waals surface area contributed by atoms with E-state index in [4.69, 9.17) is 0 Å². The van der Waals surface area contributed by atoms with Gasteiger partial charge in [-0.3, -0.25) is 9.48 Å². The normalized spacial score (nSPS) is 20.2. The van der Waals surface area contributed by atoms with Gasteiger partial charge in [-0.15, -0.1) is 0 Å². The van der Waals surface area contributed by atoms with E-state index >= 15 is 0 Å². The molecule has 0 spiro atoms. The average molecular weight is 309 g/mol. The van der Waals surface area contributed by atoms with Gasteiger partial charge in [0, 0.05) is 25.2 Å². The minimum atomic E-state index is -2.80. The summed E-state index contributed by atoms with van der Waals surface area (Å²) in [6.45, 7) is 0. The van der Waals surface area contributed by atoms with Gasteiger partial charge in [-0.2, -0.15) is 5.10 Å². The molecule has 1 unspecified atom stereocenters. The summed E-state index contributed by atoms with van der Waals surface area (Å²) in [5.41, 5.74) is 0.299. The molecule has 1 aliphatic carbocycles. The van der Waals surface area contributed by atoms with Gasteiger partial charge in [-0.05, 0) is 24.1 Å². The molecule has 0 aliphatic heterocycles. The van der Waals surface area contributed by atoms with Crippen LogP contribution < -0.4 is 5.32 Å². The number of rotatable bonds is 4. The van der Waals surface area contributed by atoms with Crippen LogP contribution >= 0.6 is 0 Å². The molecule has 22 heavy (non-hydrogen) atoms. The van der Waals surface area contributed by atoms with Crippen LogP contribution in [0.25, 0.3) is 0 Å². The summed E-state index contributed by atoms with van der Waals surface area (Å²) in [5, 5.41) is 6.33. The Labute approximate surface area is 124 Å². The first-order chi connectivity index (χ1) is 10.5. The van der Waals surface area contributed by atoms with Crippen LogP contribution in [0.5, 0.6) is 0 Å². The Morgan fingerprint density at radius 2 is 2.05 bits per heavy atom. The Bertz CT molecular complexity index is 697. The highest BCUT2D eigenvalue weighted by Gasteiger charge is 2.40. The molecule has 116 valence electrons. The van der Waals surface area contributed by atoms with E-state index < -0.39 is 18.0 Å². The number of alkyl halides is 2. The Balaban J connectivity index is 1.68. The number of nitrogens with one attached hydrogen (secondary N) is 1. The van der Waals surface area contributed by atoms with Gasteiger partial charge >= 0.3 is 0 Å². The zero-order chi connectivity index (χ0) is 15.9. The van der Waals surface area contributed by atoms with Gasteiger partial charge in [0.1, 0.15) is 11.5 Å². The van der Waals surface area contributed by atoms with Crippen LogP contribution in [0, 0.1) is 5.82 Å². The zero-order valence-electron chi connectivity index (χ0n) is 11.8. The van der Waals surface area contributed by atoms with Crippen LogP contribution in [0.1, 0.15) is 40.4 Å². The van der Waals surface area contributed by atoms with Crippen LogP contribution in [0.3, 0.4) is 0 Å². The highest BCUT2D eigenvalue weighted by Crippen LogP contribution is 2.41. The molecular weight excluding hydrogens is 295 g/mol. The van der Waals surface area contributed by atoms with Crippen molar-refractivity contribution in [3.05, 3.63) is 53.1 Å². The van der Waals surface area contributed by atoms with Crippen molar-refractivity contribution in [2.24, 2.45) is 7.05 Å². The van der Waals surface area contributed by atoms with Crippen molar-refractivity contribution < 1.29 is 18.0 Å². The number of halogens is 3. The lowest BCUT2D eigenvalue weighted by Crippen LogP contribution is -2.27. The maximum atomic E-state index is 12.9. The third-order valence-corrected chi connectivity index (χ3v) is 3.71. The van der Waals surface area contributed by atoms with Gasteiger partial charge in [0.2, 0.25) is 0 Å². The largest absolute Gasteiger partial charge is 0.349 e. The maximum absolute atomic E-state index is 12.9. The predicted octanol–water partition coefficient (Wildman–Crippen LogP) is 2.78. The molecule has 0 radical (unpaired) electrons. The number of hydrogen-bond acceptors (Lipinski definition) is 2. The molecule has 1 heterocycles. The van der Waals surface area contributed by atoms with E-state index in [-0.39, 0.29) is 23.3 Å². The van der Waals surface area contributed by atoms with E-state index in [0.29, 0.717) is 6.42 Å². The topological polar surface area (TPSA) is 46.9 Å². The van der Waals surface area contributed by atoms with Gasteiger partial charge in [0.25, 0.3) is 12.3 Å². The van der Waals surface area contributed by atoms with E-state index in [1.807, 2.05) is 0 Å². The van der Waals surface area contributed by atoms with Gasteiger partial charge in [0.05, 0.1) is 5.56 Å². The Morgan fingerprint density at radius 3 is 2.68 bits per heavy atom. The van der Waals surface area contributed by atoms with Crippen molar-refractivity contribution >= 4 is 5.91 Å². The van der Waals surface area contributed by atoms with Crippen LogP contribution in [0.4, 0.5) is 13.2 Å². The quantitative estimate of drug-likeness (QED) is 0.944. The molecule has 1 aromatic carbocycles. The smallest absolute Gasteiger partial charge is 0.282 e. The number of carbonyl (C=O) groups excluding carboxylic acids is 1. The molecule has 1 fully saturated rings. The third-order valence-electron chi connectivity index (χ3n) is 3.71. The molecule has 1 N–H and O–H groups in total. The Kier molecular flexibility index (Phi) is 3.64. The zero-order valence-corrected chi connectivity index (χ0v) is 11.8. The van der Waals surface area contributed by atoms with Crippen LogP contribution in [0.2, 0.25) is 0 Å². The number of carbonyl (C=O) groups is 1. The summed E-state index contributed by atoms with van der Waals surface area (Å²) in [4.78, 5) is 12.1. The summed E-state index contributed by atoms with van der Waals surface area (Å²) in [5.74, 6) is -0.781. The van der Waals surface area contributed by atoms with Crippen molar-refractivity contribution in [2.45, 2.75) is 24.8 Å². The average Bonchev–Trinajstić information content (AvgIpc) is 3.10. The SMILES string of the molecule is Cn1cc(C(=O)N[C@@H]2CC2c2ccc(F)cc2)c(C(F)F)n1. The lowest BCUT2D eigenvalue weighted by atomic mass is 10.1. The summed E-state index contributed by atoms with van der Waals surface area (Å²) in [6, 6.07) is 5.94. The number of amides is 1. The first kappa shape index (κ1) is 14.6. The molecule has 1 aromatic heterocycles. The summed E-state index contributed by atoms with van der Waals surface area (Å²) >= 11 is 0. The van der Waals surface area contributed by atoms with Crippen molar-refractivity contribution in [1.29, 1.82) is 0 Å². The van der Waals surface area contributed by atoms with Gasteiger partial charge in [-0.1, -0.05) is 12.1 Å². The van der Waals surface area contributed by atoms with Gasteiger partial charge < -0.3 is 5.32 Å². The second kappa shape index (κ2) is 5.47. The highest BCUT2D eigenvalue weighted by molar-refractivity contribution is 5.95. The minimum Gasteiger partial charge on any atom is -0.349 e. The van der Waals surface area contributed by atoms with Crippen LogP contribution in [0.15, 0.2) is 30.5 Å². The standard InChI is InChI=1S/C15H14F3N3O/c1-21-7-11(13(20-21)14(17)18)15(22)19-12-6-10(12)8-2-4-9(16)5-3-8/h2-5,7,10,12,14H,6H2,1H3,(H,19,22)/t10?,12-/m1/s1. The third kappa shape index (κ3) is 2.84. The van der Waals surface area contributed by atoms with E-state index in [2.05, 4.69) is 10.4 Å². The van der Waals surface area contributed by atoms with E-state index in [1.54, 1.807) is 12.1 Å². The highest BCUT2D eigenvalue weighted by atomic mass is 19.3.